The van der Waals surface area contributed by atoms with Gasteiger partial charge in [0.15, 0.2) is 0 Å². The minimum absolute atomic E-state index is 0.0188. The summed E-state index contributed by atoms with van der Waals surface area (Å²) in [6.07, 6.45) is 5.47. The highest BCUT2D eigenvalue weighted by atomic mass is 16.5. The van der Waals surface area contributed by atoms with Crippen molar-refractivity contribution in [2.24, 2.45) is 11.8 Å². The van der Waals surface area contributed by atoms with E-state index in [0.29, 0.717) is 11.3 Å². The molecular formula is C24H29NO5. The number of aromatic hydroxyl groups is 1. The first-order valence-corrected chi connectivity index (χ1v) is 10.1. The Hall–Kier alpha value is -2.83. The van der Waals surface area contributed by atoms with Crippen LogP contribution in [0.3, 0.4) is 0 Å². The Morgan fingerprint density at radius 1 is 1.23 bits per heavy atom. The number of rotatable bonds is 5. The Morgan fingerprint density at radius 3 is 2.53 bits per heavy atom. The lowest BCUT2D eigenvalue weighted by atomic mass is 9.87. The number of benzene rings is 1. The fourth-order valence-electron chi connectivity index (χ4n) is 3.54. The molecular weight excluding hydrogens is 382 g/mol. The minimum Gasteiger partial charge on any atom is -0.508 e. The summed E-state index contributed by atoms with van der Waals surface area (Å²) in [6.45, 7) is 7.48. The van der Waals surface area contributed by atoms with Crippen molar-refractivity contribution in [1.29, 1.82) is 0 Å². The first kappa shape index (κ1) is 21.9. The molecule has 160 valence electrons. The fourth-order valence-corrected chi connectivity index (χ4v) is 3.54. The first-order valence-electron chi connectivity index (χ1n) is 10.1. The predicted octanol–water partition coefficient (Wildman–Crippen LogP) is 3.70. The molecule has 6 heteroatoms. The van der Waals surface area contributed by atoms with Crippen molar-refractivity contribution in [1.82, 2.24) is 4.98 Å². The maximum absolute atomic E-state index is 12.4. The molecule has 1 aliphatic heterocycles. The number of allylic oxidation sites excluding steroid dienone is 2. The van der Waals surface area contributed by atoms with Gasteiger partial charge in [-0.1, -0.05) is 43.7 Å². The van der Waals surface area contributed by atoms with Gasteiger partial charge in [-0.05, 0) is 37.6 Å². The van der Waals surface area contributed by atoms with Crippen molar-refractivity contribution in [3.05, 3.63) is 70.2 Å². The maximum Gasteiger partial charge on any atom is 0.257 e. The van der Waals surface area contributed by atoms with Gasteiger partial charge in [-0.2, -0.15) is 0 Å². The first-order chi connectivity index (χ1) is 14.2. The SMILES string of the molecule is CC(/C=C/[C@@H]1Oc2c(-c3ccc(O)cc3)c[nH]c(=O)c2[C@@H](O)[C@H]1C)=C\[C@H](C)[C@H](C)O. The van der Waals surface area contributed by atoms with Gasteiger partial charge in [-0.25, -0.2) is 0 Å². The number of ether oxygens (including phenoxy) is 1. The number of H-pyrrole nitrogens is 1. The Kier molecular flexibility index (Phi) is 6.48. The molecule has 4 N–H and O–H groups in total. The standard InChI is InChI=1S/C24H29NO5/c1-13(11-14(2)16(4)26)5-10-20-15(3)22(28)21-23(30-20)19(12-25-24(21)29)17-6-8-18(27)9-7-17/h5-12,14-16,20,22,26-28H,1-4H3,(H,25,29)/b10-5+,13-11+/t14-,15-,16-,20-,22-/m0/s1. The van der Waals surface area contributed by atoms with Crippen LogP contribution in [0.25, 0.3) is 11.1 Å². The zero-order chi connectivity index (χ0) is 22.0. The summed E-state index contributed by atoms with van der Waals surface area (Å²) >= 11 is 0. The third-order valence-electron chi connectivity index (χ3n) is 5.66. The van der Waals surface area contributed by atoms with E-state index in [0.717, 1.165) is 11.1 Å². The van der Waals surface area contributed by atoms with E-state index >= 15 is 0 Å². The molecule has 5 atom stereocenters. The number of fused-ring (bicyclic) bond motifs is 1. The zero-order valence-corrected chi connectivity index (χ0v) is 17.7. The molecule has 6 nitrogen and oxygen atoms in total. The zero-order valence-electron chi connectivity index (χ0n) is 17.7. The minimum atomic E-state index is -0.982. The van der Waals surface area contributed by atoms with Crippen molar-refractivity contribution in [2.45, 2.75) is 46.0 Å². The number of phenolic OH excluding ortho intramolecular Hbond substituents is 1. The van der Waals surface area contributed by atoms with Crippen molar-refractivity contribution in [3.63, 3.8) is 0 Å². The lowest BCUT2D eigenvalue weighted by molar-refractivity contribution is 0.0288. The highest BCUT2D eigenvalue weighted by Crippen LogP contribution is 2.42. The molecule has 1 aromatic heterocycles. The molecule has 3 rings (SSSR count). The lowest BCUT2D eigenvalue weighted by Gasteiger charge is -2.34. The second-order valence-corrected chi connectivity index (χ2v) is 8.08. The van der Waals surface area contributed by atoms with Gasteiger partial charge in [-0.3, -0.25) is 4.79 Å². The van der Waals surface area contributed by atoms with Crippen molar-refractivity contribution in [2.75, 3.05) is 0 Å². The highest BCUT2D eigenvalue weighted by molar-refractivity contribution is 5.72. The van der Waals surface area contributed by atoms with E-state index in [9.17, 15) is 20.1 Å². The van der Waals surface area contributed by atoms with Crippen molar-refractivity contribution >= 4 is 0 Å². The van der Waals surface area contributed by atoms with E-state index in [1.54, 1.807) is 37.4 Å². The van der Waals surface area contributed by atoms with Crippen LogP contribution >= 0.6 is 0 Å². The van der Waals surface area contributed by atoms with Crippen LogP contribution in [0, 0.1) is 11.8 Å². The number of phenols is 1. The van der Waals surface area contributed by atoms with Gasteiger partial charge in [0.1, 0.15) is 17.6 Å². The number of aliphatic hydroxyl groups is 2. The van der Waals surface area contributed by atoms with E-state index in [4.69, 9.17) is 4.74 Å². The van der Waals surface area contributed by atoms with Gasteiger partial charge < -0.3 is 25.0 Å². The van der Waals surface area contributed by atoms with E-state index < -0.39 is 18.3 Å². The Morgan fingerprint density at radius 2 is 1.90 bits per heavy atom. The molecule has 0 amide bonds. The van der Waals surface area contributed by atoms with Crippen molar-refractivity contribution < 1.29 is 20.1 Å². The summed E-state index contributed by atoms with van der Waals surface area (Å²) in [5.41, 5.74) is 2.21. The third kappa shape index (κ3) is 4.50. The number of nitrogens with one attached hydrogen (secondary N) is 1. The largest absolute Gasteiger partial charge is 0.508 e. The molecule has 0 radical (unpaired) electrons. The summed E-state index contributed by atoms with van der Waals surface area (Å²) in [4.78, 5) is 15.1. The van der Waals surface area contributed by atoms with Crippen LogP contribution < -0.4 is 10.3 Å². The predicted molar refractivity (Wildman–Crippen MR) is 116 cm³/mol. The van der Waals surface area contributed by atoms with Gasteiger partial charge in [0.25, 0.3) is 5.56 Å². The monoisotopic (exact) mass is 411 g/mol. The van der Waals surface area contributed by atoms with Gasteiger partial charge in [0, 0.05) is 23.6 Å². The van der Waals surface area contributed by atoms with Crippen molar-refractivity contribution in [3.8, 4) is 22.6 Å². The second-order valence-electron chi connectivity index (χ2n) is 8.08. The number of aliphatic hydroxyl groups excluding tert-OH is 2. The van der Waals surface area contributed by atoms with Gasteiger partial charge in [0.2, 0.25) is 0 Å². The topological polar surface area (TPSA) is 103 Å². The Bertz CT molecular complexity index is 1000. The Balaban J connectivity index is 1.98. The normalized spacial score (nSPS) is 23.7. The highest BCUT2D eigenvalue weighted by Gasteiger charge is 2.36. The van der Waals surface area contributed by atoms with Gasteiger partial charge >= 0.3 is 0 Å². The number of pyridine rings is 1. The molecule has 0 spiro atoms. The molecule has 2 heterocycles. The number of hydrogen-bond acceptors (Lipinski definition) is 5. The van der Waals surface area contributed by atoms with Gasteiger partial charge in [0.05, 0.1) is 17.8 Å². The molecule has 1 aliphatic rings. The second kappa shape index (κ2) is 8.90. The molecule has 1 aromatic carbocycles. The number of aromatic nitrogens is 1. The quantitative estimate of drug-likeness (QED) is 0.562. The average Bonchev–Trinajstić information content (AvgIpc) is 2.70. The average molecular weight is 411 g/mol. The van der Waals surface area contributed by atoms with Crippen LogP contribution in [0.15, 0.2) is 59.1 Å². The lowest BCUT2D eigenvalue weighted by Crippen LogP contribution is -2.37. The van der Waals surface area contributed by atoms with Crippen LogP contribution in [-0.2, 0) is 0 Å². The van der Waals surface area contributed by atoms with Gasteiger partial charge in [-0.15, -0.1) is 0 Å². The third-order valence-corrected chi connectivity index (χ3v) is 5.66. The molecule has 0 saturated carbocycles. The molecule has 30 heavy (non-hydrogen) atoms. The van der Waals surface area contributed by atoms with Crippen LogP contribution in [0.4, 0.5) is 0 Å². The summed E-state index contributed by atoms with van der Waals surface area (Å²) in [7, 11) is 0. The Labute approximate surface area is 176 Å². The fraction of sp³-hybridized carbons (Fsp3) is 0.375. The molecule has 0 saturated heterocycles. The smallest absolute Gasteiger partial charge is 0.257 e. The van der Waals surface area contributed by atoms with E-state index in [1.165, 1.54) is 0 Å². The van der Waals surface area contributed by atoms with E-state index in [2.05, 4.69) is 4.98 Å². The molecule has 0 bridgehead atoms. The number of aromatic amines is 1. The summed E-state index contributed by atoms with van der Waals surface area (Å²) in [6, 6.07) is 6.57. The van der Waals surface area contributed by atoms with E-state index in [-0.39, 0.29) is 28.7 Å². The maximum atomic E-state index is 12.4. The molecule has 0 unspecified atom stereocenters. The van der Waals surface area contributed by atoms with E-state index in [1.807, 2.05) is 39.0 Å². The summed E-state index contributed by atoms with van der Waals surface area (Å²) in [5, 5.41) is 30.1. The van der Waals surface area contributed by atoms with Crippen LogP contribution in [0.1, 0.15) is 39.4 Å². The molecule has 0 aliphatic carbocycles. The van der Waals surface area contributed by atoms with Crippen LogP contribution in [0.5, 0.6) is 11.5 Å². The van der Waals surface area contributed by atoms with Crippen LogP contribution in [-0.4, -0.2) is 32.5 Å². The molecule has 0 fully saturated rings. The number of hydrogen-bond donors (Lipinski definition) is 4. The molecule has 2 aromatic rings. The summed E-state index contributed by atoms with van der Waals surface area (Å²) < 4.78 is 6.21. The van der Waals surface area contributed by atoms with Crippen LogP contribution in [0.2, 0.25) is 0 Å². The summed E-state index contributed by atoms with van der Waals surface area (Å²) in [5.74, 6) is 0.182.